The average molecular weight is 382 g/mol. The Morgan fingerprint density at radius 2 is 1.79 bits per heavy atom. The highest BCUT2D eigenvalue weighted by Gasteiger charge is 2.26. The lowest BCUT2D eigenvalue weighted by molar-refractivity contribution is 0.0750. The highest BCUT2D eigenvalue weighted by atomic mass is 19.1. The molecule has 2 aromatic carbocycles. The summed E-state index contributed by atoms with van der Waals surface area (Å²) >= 11 is 0. The van der Waals surface area contributed by atoms with E-state index in [2.05, 4.69) is 4.90 Å². The maximum Gasteiger partial charge on any atom is 0.254 e. The summed E-state index contributed by atoms with van der Waals surface area (Å²) in [7, 11) is 0. The molecule has 2 heterocycles. The first-order valence-corrected chi connectivity index (χ1v) is 10.2. The van der Waals surface area contributed by atoms with Crippen molar-refractivity contribution in [2.45, 2.75) is 38.8 Å². The zero-order valence-corrected chi connectivity index (χ0v) is 16.2. The molecule has 2 aromatic rings. The zero-order valence-electron chi connectivity index (χ0n) is 16.2. The third-order valence-corrected chi connectivity index (χ3v) is 5.65. The van der Waals surface area contributed by atoms with E-state index in [-0.39, 0.29) is 11.7 Å². The van der Waals surface area contributed by atoms with Crippen LogP contribution in [-0.4, -0.2) is 41.9 Å². The van der Waals surface area contributed by atoms with Crippen molar-refractivity contribution in [2.75, 3.05) is 26.2 Å². The van der Waals surface area contributed by atoms with Gasteiger partial charge in [0.25, 0.3) is 5.91 Å². The quantitative estimate of drug-likeness (QED) is 0.701. The number of hydrogen-bond acceptors (Lipinski definition) is 3. The minimum Gasteiger partial charge on any atom is -0.494 e. The maximum atomic E-state index is 13.9. The maximum absolute atomic E-state index is 13.9. The fourth-order valence-electron chi connectivity index (χ4n) is 4.06. The van der Waals surface area contributed by atoms with Crippen molar-refractivity contribution in [3.8, 4) is 5.75 Å². The molecule has 5 heteroatoms. The molecule has 0 bridgehead atoms. The molecule has 2 aliphatic rings. The highest BCUT2D eigenvalue weighted by Crippen LogP contribution is 2.26. The first-order valence-electron chi connectivity index (χ1n) is 10.2. The number of rotatable bonds is 6. The Bertz CT molecular complexity index is 816. The number of ether oxygens (including phenoxy) is 1. The molecule has 0 N–H and O–H groups in total. The minimum atomic E-state index is -0.235. The number of carbonyl (C=O) groups excluding carboxylic acids is 1. The van der Waals surface area contributed by atoms with Gasteiger partial charge in [-0.1, -0.05) is 18.6 Å². The van der Waals surface area contributed by atoms with Crippen LogP contribution in [0.15, 0.2) is 42.5 Å². The molecule has 1 amide bonds. The van der Waals surface area contributed by atoms with E-state index in [1.165, 1.54) is 38.4 Å². The van der Waals surface area contributed by atoms with Gasteiger partial charge in [0, 0.05) is 30.8 Å². The average Bonchev–Trinajstić information content (AvgIpc) is 3.18. The second-order valence-electron chi connectivity index (χ2n) is 7.67. The number of hydrogen-bond donors (Lipinski definition) is 0. The number of carbonyl (C=O) groups is 1. The van der Waals surface area contributed by atoms with Crippen LogP contribution >= 0.6 is 0 Å². The fraction of sp³-hybridized carbons (Fsp3) is 0.435. The van der Waals surface area contributed by atoms with Crippen LogP contribution in [0.1, 0.15) is 47.2 Å². The Kier molecular flexibility index (Phi) is 5.91. The van der Waals surface area contributed by atoms with Gasteiger partial charge in [0.2, 0.25) is 0 Å². The molecule has 0 aromatic heterocycles. The lowest BCUT2D eigenvalue weighted by Crippen LogP contribution is -2.31. The van der Waals surface area contributed by atoms with Crippen molar-refractivity contribution < 1.29 is 13.9 Å². The second kappa shape index (κ2) is 8.74. The molecule has 4 rings (SSSR count). The topological polar surface area (TPSA) is 32.8 Å². The Labute approximate surface area is 165 Å². The molecule has 1 fully saturated rings. The summed E-state index contributed by atoms with van der Waals surface area (Å²) in [5, 5.41) is 0. The molecule has 0 saturated carbocycles. The predicted octanol–water partition coefficient (Wildman–Crippen LogP) is 4.24. The predicted molar refractivity (Wildman–Crippen MR) is 107 cm³/mol. The molecular formula is C23H27FN2O2. The van der Waals surface area contributed by atoms with Gasteiger partial charge in [-0.05, 0) is 68.2 Å². The van der Waals surface area contributed by atoms with Gasteiger partial charge in [0.15, 0.2) is 0 Å². The third kappa shape index (κ3) is 4.36. The van der Waals surface area contributed by atoms with Crippen molar-refractivity contribution in [1.82, 2.24) is 9.80 Å². The Morgan fingerprint density at radius 1 is 1.00 bits per heavy atom. The molecule has 0 atom stereocenters. The van der Waals surface area contributed by atoms with E-state index in [4.69, 9.17) is 4.74 Å². The van der Waals surface area contributed by atoms with E-state index in [1.54, 1.807) is 23.1 Å². The van der Waals surface area contributed by atoms with Crippen molar-refractivity contribution in [1.29, 1.82) is 0 Å². The van der Waals surface area contributed by atoms with Crippen LogP contribution in [-0.2, 0) is 13.1 Å². The van der Waals surface area contributed by atoms with Crippen LogP contribution in [0.25, 0.3) is 0 Å². The summed E-state index contributed by atoms with van der Waals surface area (Å²) in [5.41, 5.74) is 2.13. The van der Waals surface area contributed by atoms with Crippen molar-refractivity contribution >= 4 is 5.91 Å². The summed E-state index contributed by atoms with van der Waals surface area (Å²) in [6.45, 7) is 4.98. The number of benzene rings is 2. The summed E-state index contributed by atoms with van der Waals surface area (Å²) in [6, 6.07) is 12.3. The number of fused-ring (bicyclic) bond motifs is 1. The Morgan fingerprint density at radius 3 is 2.54 bits per heavy atom. The highest BCUT2D eigenvalue weighted by molar-refractivity contribution is 5.94. The lowest BCUT2D eigenvalue weighted by atomic mass is 10.1. The van der Waals surface area contributed by atoms with Crippen LogP contribution < -0.4 is 4.74 Å². The standard InChI is InChI=1S/C23H27FN2O2/c24-22-7-4-6-19-16-26(17-21(19)22)23(27)18-8-10-20(11-9-18)28-15-5-14-25-12-2-1-3-13-25/h4,6-11H,1-3,5,12-17H2. The van der Waals surface area contributed by atoms with Crippen LogP contribution in [0, 0.1) is 5.82 Å². The van der Waals surface area contributed by atoms with Gasteiger partial charge in [-0.15, -0.1) is 0 Å². The molecule has 148 valence electrons. The van der Waals surface area contributed by atoms with Gasteiger partial charge in [0.05, 0.1) is 6.61 Å². The number of amides is 1. The number of halogens is 1. The molecule has 4 nitrogen and oxygen atoms in total. The number of likely N-dealkylation sites (tertiary alicyclic amines) is 1. The van der Waals surface area contributed by atoms with Gasteiger partial charge in [-0.25, -0.2) is 4.39 Å². The molecule has 1 saturated heterocycles. The summed E-state index contributed by atoms with van der Waals surface area (Å²) in [4.78, 5) is 16.9. The number of piperidine rings is 1. The molecule has 2 aliphatic heterocycles. The van der Waals surface area contributed by atoms with E-state index in [9.17, 15) is 9.18 Å². The van der Waals surface area contributed by atoms with Gasteiger partial charge >= 0.3 is 0 Å². The zero-order chi connectivity index (χ0) is 19.3. The smallest absolute Gasteiger partial charge is 0.254 e. The normalized spacial score (nSPS) is 16.8. The van der Waals surface area contributed by atoms with E-state index in [0.29, 0.717) is 30.8 Å². The Balaban J connectivity index is 1.26. The minimum absolute atomic E-state index is 0.0766. The van der Waals surface area contributed by atoms with E-state index in [1.807, 2.05) is 18.2 Å². The molecule has 28 heavy (non-hydrogen) atoms. The Hall–Kier alpha value is -2.40. The lowest BCUT2D eigenvalue weighted by Gasteiger charge is -2.26. The number of nitrogens with zero attached hydrogens (tertiary/aromatic N) is 2. The van der Waals surface area contributed by atoms with Gasteiger partial charge in [-0.2, -0.15) is 0 Å². The largest absolute Gasteiger partial charge is 0.494 e. The monoisotopic (exact) mass is 382 g/mol. The second-order valence-corrected chi connectivity index (χ2v) is 7.67. The van der Waals surface area contributed by atoms with E-state index >= 15 is 0 Å². The van der Waals surface area contributed by atoms with E-state index < -0.39 is 0 Å². The first kappa shape index (κ1) is 18.9. The van der Waals surface area contributed by atoms with Crippen LogP contribution in [0.4, 0.5) is 4.39 Å². The first-order chi connectivity index (χ1) is 13.7. The van der Waals surface area contributed by atoms with Gasteiger partial charge < -0.3 is 14.5 Å². The fourth-order valence-corrected chi connectivity index (χ4v) is 4.06. The third-order valence-electron chi connectivity index (χ3n) is 5.65. The summed E-state index contributed by atoms with van der Waals surface area (Å²) in [6.07, 6.45) is 4.99. The van der Waals surface area contributed by atoms with Gasteiger partial charge in [-0.3, -0.25) is 4.79 Å². The van der Waals surface area contributed by atoms with Crippen LogP contribution in [0.5, 0.6) is 5.75 Å². The summed E-state index contributed by atoms with van der Waals surface area (Å²) < 4.78 is 19.7. The van der Waals surface area contributed by atoms with Crippen LogP contribution in [0.2, 0.25) is 0 Å². The molecule has 0 unspecified atom stereocenters. The van der Waals surface area contributed by atoms with Gasteiger partial charge in [0.1, 0.15) is 11.6 Å². The van der Waals surface area contributed by atoms with E-state index in [0.717, 1.165) is 24.3 Å². The molecular weight excluding hydrogens is 355 g/mol. The van der Waals surface area contributed by atoms with Crippen LogP contribution in [0.3, 0.4) is 0 Å². The molecule has 0 radical (unpaired) electrons. The van der Waals surface area contributed by atoms with Crippen molar-refractivity contribution in [3.63, 3.8) is 0 Å². The van der Waals surface area contributed by atoms with Crippen molar-refractivity contribution in [2.24, 2.45) is 0 Å². The molecule has 0 aliphatic carbocycles. The molecule has 0 spiro atoms. The SMILES string of the molecule is O=C(c1ccc(OCCCN2CCCCC2)cc1)N1Cc2cccc(F)c2C1. The summed E-state index contributed by atoms with van der Waals surface area (Å²) in [5.74, 6) is 0.472. The van der Waals surface area contributed by atoms with Crippen molar-refractivity contribution in [3.05, 3.63) is 65.0 Å².